The molecule has 2 aliphatic heterocycles. The zero-order valence-corrected chi connectivity index (χ0v) is 18.0. The second-order valence-corrected chi connectivity index (χ2v) is 7.95. The van der Waals surface area contributed by atoms with Crippen LogP contribution in [0.2, 0.25) is 0 Å². The molecule has 1 fully saturated rings. The van der Waals surface area contributed by atoms with E-state index < -0.39 is 35.8 Å². The minimum atomic E-state index is -0.963. The molecule has 0 saturated carbocycles. The monoisotopic (exact) mass is 413 g/mol. The van der Waals surface area contributed by atoms with Crippen LogP contribution in [-0.4, -0.2) is 58.8 Å². The summed E-state index contributed by atoms with van der Waals surface area (Å²) in [6.45, 7) is 9.61. The zero-order chi connectivity index (χ0) is 22.2. The summed E-state index contributed by atoms with van der Waals surface area (Å²) in [6.07, 6.45) is 2.50. The summed E-state index contributed by atoms with van der Waals surface area (Å²) in [4.78, 5) is 53.4. The summed E-state index contributed by atoms with van der Waals surface area (Å²) < 4.78 is 5.58. The number of allylic oxidation sites excluding steroid dienone is 1. The van der Waals surface area contributed by atoms with Gasteiger partial charge in [-0.2, -0.15) is 0 Å². The van der Waals surface area contributed by atoms with Crippen LogP contribution >= 0.6 is 0 Å². The van der Waals surface area contributed by atoms with Crippen molar-refractivity contribution in [1.29, 1.82) is 0 Å². The molecular formula is C22H27N3O5. The largest absolute Gasteiger partial charge is 0.494 e. The van der Waals surface area contributed by atoms with E-state index in [9.17, 15) is 19.2 Å². The van der Waals surface area contributed by atoms with Crippen LogP contribution in [0, 0.1) is 0 Å². The number of fused-ring (bicyclic) bond motifs is 1. The van der Waals surface area contributed by atoms with E-state index in [0.29, 0.717) is 24.5 Å². The fourth-order valence-corrected chi connectivity index (χ4v) is 4.04. The number of rotatable bonds is 6. The first-order valence-corrected chi connectivity index (χ1v) is 10.1. The second-order valence-electron chi connectivity index (χ2n) is 7.95. The van der Waals surface area contributed by atoms with Gasteiger partial charge in [-0.25, -0.2) is 9.69 Å². The van der Waals surface area contributed by atoms with Gasteiger partial charge in [0.05, 0.1) is 17.8 Å². The van der Waals surface area contributed by atoms with Gasteiger partial charge in [0.15, 0.2) is 0 Å². The van der Waals surface area contributed by atoms with Crippen LogP contribution < -0.4 is 9.64 Å². The fraction of sp³-hybridized carbons (Fsp3) is 0.455. The predicted molar refractivity (Wildman–Crippen MR) is 112 cm³/mol. The summed E-state index contributed by atoms with van der Waals surface area (Å²) in [6, 6.07) is 4.72. The Morgan fingerprint density at radius 1 is 1.07 bits per heavy atom. The lowest BCUT2D eigenvalue weighted by atomic mass is 9.88. The van der Waals surface area contributed by atoms with Crippen molar-refractivity contribution < 1.29 is 23.9 Å². The second kappa shape index (κ2) is 7.93. The topological polar surface area (TPSA) is 87.2 Å². The molecule has 160 valence electrons. The molecule has 0 bridgehead atoms. The SMILES string of the molecule is CCCN1C(=O)C(=O)N(CC(=O)N2c3ccc(OCC)cc3C(C)=CC2(C)C)C1=O. The van der Waals surface area contributed by atoms with Gasteiger partial charge in [0.25, 0.3) is 0 Å². The Bertz CT molecular complexity index is 950. The van der Waals surface area contributed by atoms with Crippen LogP contribution in [0.15, 0.2) is 24.3 Å². The lowest BCUT2D eigenvalue weighted by Gasteiger charge is -2.42. The summed E-state index contributed by atoms with van der Waals surface area (Å²) in [7, 11) is 0. The highest BCUT2D eigenvalue weighted by molar-refractivity contribution is 6.45. The Labute approximate surface area is 176 Å². The molecule has 2 heterocycles. The normalized spacial score (nSPS) is 18.0. The van der Waals surface area contributed by atoms with Crippen LogP contribution in [-0.2, 0) is 14.4 Å². The van der Waals surface area contributed by atoms with Crippen molar-refractivity contribution >= 4 is 35.0 Å². The minimum Gasteiger partial charge on any atom is -0.494 e. The maximum Gasteiger partial charge on any atom is 0.334 e. The van der Waals surface area contributed by atoms with Gasteiger partial charge in [-0.05, 0) is 57.9 Å². The number of anilines is 1. The highest BCUT2D eigenvalue weighted by Gasteiger charge is 2.46. The lowest BCUT2D eigenvalue weighted by molar-refractivity contribution is -0.143. The molecule has 5 amide bonds. The smallest absolute Gasteiger partial charge is 0.334 e. The molecule has 0 N–H and O–H groups in total. The number of carbonyl (C=O) groups is 4. The van der Waals surface area contributed by atoms with Gasteiger partial charge in [-0.15, -0.1) is 0 Å². The molecule has 2 aliphatic rings. The third-order valence-corrected chi connectivity index (χ3v) is 5.22. The van der Waals surface area contributed by atoms with E-state index in [0.717, 1.165) is 20.9 Å². The van der Waals surface area contributed by atoms with Crippen molar-refractivity contribution in [3.05, 3.63) is 29.8 Å². The van der Waals surface area contributed by atoms with E-state index in [1.54, 1.807) is 24.0 Å². The number of amides is 5. The van der Waals surface area contributed by atoms with Crippen molar-refractivity contribution in [3.8, 4) is 5.75 Å². The van der Waals surface area contributed by atoms with Gasteiger partial charge in [0, 0.05) is 12.1 Å². The summed E-state index contributed by atoms with van der Waals surface area (Å²) in [5.74, 6) is -1.59. The molecule has 8 heteroatoms. The number of nitrogens with zero attached hydrogens (tertiary/aromatic N) is 3. The van der Waals surface area contributed by atoms with Crippen molar-refractivity contribution in [1.82, 2.24) is 9.80 Å². The van der Waals surface area contributed by atoms with E-state index in [1.165, 1.54) is 0 Å². The Hall–Kier alpha value is -3.16. The molecule has 0 aromatic heterocycles. The molecule has 0 unspecified atom stereocenters. The third-order valence-electron chi connectivity index (χ3n) is 5.22. The van der Waals surface area contributed by atoms with E-state index in [2.05, 4.69) is 0 Å². The van der Waals surface area contributed by atoms with E-state index >= 15 is 0 Å². The molecule has 8 nitrogen and oxygen atoms in total. The average molecular weight is 413 g/mol. The van der Waals surface area contributed by atoms with Crippen molar-refractivity contribution in [2.75, 3.05) is 24.6 Å². The molecule has 0 atom stereocenters. The number of imide groups is 2. The van der Waals surface area contributed by atoms with Crippen molar-refractivity contribution in [2.45, 2.75) is 46.6 Å². The zero-order valence-electron chi connectivity index (χ0n) is 18.0. The van der Waals surface area contributed by atoms with Crippen LogP contribution in [0.4, 0.5) is 10.5 Å². The van der Waals surface area contributed by atoms with Gasteiger partial charge >= 0.3 is 17.8 Å². The minimum absolute atomic E-state index is 0.147. The molecular weight excluding hydrogens is 386 g/mol. The maximum atomic E-state index is 13.3. The Balaban J connectivity index is 1.93. The molecule has 0 radical (unpaired) electrons. The van der Waals surface area contributed by atoms with Gasteiger partial charge in [0.2, 0.25) is 5.91 Å². The lowest BCUT2D eigenvalue weighted by Crippen LogP contribution is -2.53. The molecule has 1 aromatic carbocycles. The van der Waals surface area contributed by atoms with Gasteiger partial charge in [0.1, 0.15) is 12.3 Å². The first kappa shape index (κ1) is 21.5. The highest BCUT2D eigenvalue weighted by atomic mass is 16.5. The standard InChI is InChI=1S/C22H27N3O5/c1-6-10-23-19(27)20(28)24(21(23)29)13-18(26)25-17-9-8-15(30-7-2)11-16(17)14(3)12-22(25,4)5/h8-9,11-12H,6-7,10,13H2,1-5H3. The summed E-state index contributed by atoms with van der Waals surface area (Å²) in [5.41, 5.74) is 1.83. The first-order chi connectivity index (χ1) is 14.1. The quantitative estimate of drug-likeness (QED) is 0.529. The summed E-state index contributed by atoms with van der Waals surface area (Å²) in [5, 5.41) is 0. The predicted octanol–water partition coefficient (Wildman–Crippen LogP) is 2.81. The number of benzene rings is 1. The highest BCUT2D eigenvalue weighted by Crippen LogP contribution is 2.40. The average Bonchev–Trinajstić information content (AvgIpc) is 2.86. The third kappa shape index (κ3) is 3.58. The molecule has 30 heavy (non-hydrogen) atoms. The van der Waals surface area contributed by atoms with Gasteiger partial charge in [-0.1, -0.05) is 13.0 Å². The number of hydrogen-bond donors (Lipinski definition) is 0. The number of carbonyl (C=O) groups excluding carboxylic acids is 4. The number of urea groups is 1. The van der Waals surface area contributed by atoms with Crippen LogP contribution in [0.3, 0.4) is 0 Å². The van der Waals surface area contributed by atoms with E-state index in [4.69, 9.17) is 4.74 Å². The first-order valence-electron chi connectivity index (χ1n) is 10.1. The molecule has 1 saturated heterocycles. The van der Waals surface area contributed by atoms with Gasteiger partial charge in [-0.3, -0.25) is 19.3 Å². The number of ether oxygens (including phenoxy) is 1. The Morgan fingerprint density at radius 3 is 2.37 bits per heavy atom. The fourth-order valence-electron chi connectivity index (χ4n) is 4.04. The molecule has 0 aliphatic carbocycles. The van der Waals surface area contributed by atoms with Gasteiger partial charge < -0.3 is 9.64 Å². The van der Waals surface area contributed by atoms with Crippen molar-refractivity contribution in [3.63, 3.8) is 0 Å². The Kier molecular flexibility index (Phi) is 5.70. The van der Waals surface area contributed by atoms with Crippen LogP contribution in [0.5, 0.6) is 5.75 Å². The molecule has 0 spiro atoms. The number of hydrogen-bond acceptors (Lipinski definition) is 5. The van der Waals surface area contributed by atoms with Crippen LogP contribution in [0.1, 0.15) is 46.6 Å². The summed E-state index contributed by atoms with van der Waals surface area (Å²) >= 11 is 0. The van der Waals surface area contributed by atoms with Crippen LogP contribution in [0.25, 0.3) is 5.57 Å². The Morgan fingerprint density at radius 2 is 1.73 bits per heavy atom. The maximum absolute atomic E-state index is 13.3. The van der Waals surface area contributed by atoms with Crippen molar-refractivity contribution in [2.24, 2.45) is 0 Å². The van der Waals surface area contributed by atoms with E-state index in [1.807, 2.05) is 39.8 Å². The van der Waals surface area contributed by atoms with E-state index in [-0.39, 0.29) is 6.54 Å². The molecule has 1 aromatic rings. The molecule has 3 rings (SSSR count).